The van der Waals surface area contributed by atoms with Crippen molar-refractivity contribution < 1.29 is 33.7 Å². The van der Waals surface area contributed by atoms with Crippen LogP contribution >= 0.6 is 0 Å². The molecule has 2 aromatic rings. The lowest BCUT2D eigenvalue weighted by molar-refractivity contribution is -0.118. The molecule has 4 N–H and O–H groups in total. The van der Waals surface area contributed by atoms with Gasteiger partial charge in [0.1, 0.15) is 17.2 Å². The average Bonchev–Trinajstić information content (AvgIpc) is 3.41. The van der Waals surface area contributed by atoms with Crippen LogP contribution in [0, 0.1) is 0 Å². The third-order valence-corrected chi connectivity index (χ3v) is 5.25. The molecular weight excluding hydrogens is 432 g/mol. The number of aromatic hydroxyl groups is 1. The Morgan fingerprint density at radius 2 is 2.00 bits per heavy atom. The van der Waals surface area contributed by atoms with Crippen LogP contribution in [0.15, 0.2) is 18.2 Å². The molecule has 178 valence electrons. The minimum atomic E-state index is -0.831. The van der Waals surface area contributed by atoms with Crippen molar-refractivity contribution in [1.29, 1.82) is 0 Å². The number of carbonyl (C=O) groups is 3. The maximum Gasteiger partial charge on any atom is 0.408 e. The highest BCUT2D eigenvalue weighted by molar-refractivity contribution is 5.91. The summed E-state index contributed by atoms with van der Waals surface area (Å²) in [4.78, 5) is 35.8. The van der Waals surface area contributed by atoms with Crippen molar-refractivity contribution in [3.05, 3.63) is 29.5 Å². The normalized spacial score (nSPS) is 14.5. The van der Waals surface area contributed by atoms with Gasteiger partial charge in [0.2, 0.25) is 0 Å². The van der Waals surface area contributed by atoms with Gasteiger partial charge in [0.15, 0.2) is 24.3 Å². The highest BCUT2D eigenvalue weighted by atomic mass is 16.6. The van der Waals surface area contributed by atoms with Crippen molar-refractivity contribution in [2.45, 2.75) is 51.2 Å². The third-order valence-electron chi connectivity index (χ3n) is 5.25. The van der Waals surface area contributed by atoms with Gasteiger partial charge in [-0.3, -0.25) is 14.7 Å². The molecule has 0 unspecified atom stereocenters. The van der Waals surface area contributed by atoms with Crippen LogP contribution in [0.3, 0.4) is 0 Å². The first kappa shape index (κ1) is 23.9. The smallest absolute Gasteiger partial charge is 0.408 e. The summed E-state index contributed by atoms with van der Waals surface area (Å²) in [5.41, 5.74) is -0.329. The molecule has 1 aliphatic carbocycles. The average molecular weight is 460 g/mol. The summed E-state index contributed by atoms with van der Waals surface area (Å²) >= 11 is 0. The number of ether oxygens (including phenoxy) is 3. The van der Waals surface area contributed by atoms with Crippen molar-refractivity contribution in [1.82, 2.24) is 15.5 Å². The second-order valence-electron chi connectivity index (χ2n) is 8.07. The molecule has 33 heavy (non-hydrogen) atoms. The number of phenolic OH excluding ortho intramolecular Hbond substituents is 1. The maximum absolute atomic E-state index is 12.4. The van der Waals surface area contributed by atoms with E-state index in [0.717, 1.165) is 12.8 Å². The van der Waals surface area contributed by atoms with Gasteiger partial charge < -0.3 is 30.0 Å². The van der Waals surface area contributed by atoms with Gasteiger partial charge in [-0.25, -0.2) is 4.79 Å². The van der Waals surface area contributed by atoms with E-state index in [2.05, 4.69) is 20.8 Å². The Balaban J connectivity index is 1.65. The number of methoxy groups -OCH3 is 1. The Labute approximate surface area is 190 Å². The number of amides is 2. The maximum atomic E-state index is 12.4. The summed E-state index contributed by atoms with van der Waals surface area (Å²) in [5.74, 6) is -0.337. The standard InChI is InChI=1S/C22H28N4O7/c1-13(2)23-21(30)33-22(6-4-5-7-22)18-10-19(26-25-18)24-20(29)12-32-17-9-14(31-3)8-16(28)15(17)11-27/h8-11,13,28H,4-7,12H2,1-3H3,(H,23,30)(H2,24,25,26,29). The number of aromatic amines is 1. The van der Waals surface area contributed by atoms with E-state index in [1.54, 1.807) is 6.07 Å². The van der Waals surface area contributed by atoms with Crippen LogP contribution in [0.4, 0.5) is 10.6 Å². The van der Waals surface area contributed by atoms with Crippen LogP contribution in [0.25, 0.3) is 0 Å². The second-order valence-corrected chi connectivity index (χ2v) is 8.07. The Morgan fingerprint density at radius 1 is 1.27 bits per heavy atom. The summed E-state index contributed by atoms with van der Waals surface area (Å²) in [6.45, 7) is 3.26. The topological polar surface area (TPSA) is 152 Å². The van der Waals surface area contributed by atoms with Gasteiger partial charge in [0.05, 0.1) is 18.4 Å². The highest BCUT2D eigenvalue weighted by Gasteiger charge is 2.41. The van der Waals surface area contributed by atoms with Gasteiger partial charge in [0.25, 0.3) is 5.91 Å². The van der Waals surface area contributed by atoms with E-state index >= 15 is 0 Å². The van der Waals surface area contributed by atoms with E-state index in [0.29, 0.717) is 24.8 Å². The van der Waals surface area contributed by atoms with Crippen LogP contribution in [0.2, 0.25) is 0 Å². The molecule has 0 radical (unpaired) electrons. The van der Waals surface area contributed by atoms with Crippen molar-refractivity contribution in [3.8, 4) is 17.2 Å². The first-order valence-electron chi connectivity index (χ1n) is 10.6. The first-order chi connectivity index (χ1) is 15.8. The predicted molar refractivity (Wildman–Crippen MR) is 118 cm³/mol. The number of benzene rings is 1. The van der Waals surface area contributed by atoms with Crippen LogP contribution < -0.4 is 20.1 Å². The zero-order valence-electron chi connectivity index (χ0n) is 18.8. The number of phenols is 1. The van der Waals surface area contributed by atoms with Crippen LogP contribution in [-0.4, -0.2) is 53.3 Å². The summed E-state index contributed by atoms with van der Waals surface area (Å²) in [6, 6.07) is 4.23. The van der Waals surface area contributed by atoms with Gasteiger partial charge in [-0.1, -0.05) is 0 Å². The fraction of sp³-hybridized carbons (Fsp3) is 0.455. The minimum Gasteiger partial charge on any atom is -0.507 e. The van der Waals surface area contributed by atoms with Crippen molar-refractivity contribution >= 4 is 24.1 Å². The monoisotopic (exact) mass is 460 g/mol. The summed E-state index contributed by atoms with van der Waals surface area (Å²) in [5, 5.41) is 22.2. The van der Waals surface area contributed by atoms with Gasteiger partial charge >= 0.3 is 6.09 Å². The SMILES string of the molecule is COc1cc(O)c(C=O)c(OCC(=O)Nc2cc(C3(OC(=O)NC(C)C)CCCC3)[nH]n2)c1. The van der Waals surface area contributed by atoms with Crippen molar-refractivity contribution in [2.75, 3.05) is 19.0 Å². The number of H-pyrrole nitrogens is 1. The molecule has 0 saturated heterocycles. The fourth-order valence-corrected chi connectivity index (χ4v) is 3.70. The fourth-order valence-electron chi connectivity index (χ4n) is 3.70. The zero-order valence-corrected chi connectivity index (χ0v) is 18.8. The quantitative estimate of drug-likeness (QED) is 0.417. The van der Waals surface area contributed by atoms with Crippen LogP contribution in [-0.2, 0) is 15.1 Å². The largest absolute Gasteiger partial charge is 0.507 e. The van der Waals surface area contributed by atoms with Gasteiger partial charge in [-0.05, 0) is 39.5 Å². The molecule has 1 aromatic carbocycles. The Hall–Kier alpha value is -3.76. The van der Waals surface area contributed by atoms with Crippen LogP contribution in [0.1, 0.15) is 55.6 Å². The van der Waals surface area contributed by atoms with E-state index < -0.39 is 24.2 Å². The Bertz CT molecular complexity index is 1010. The summed E-state index contributed by atoms with van der Waals surface area (Å²) < 4.78 is 16.2. The van der Waals surface area contributed by atoms with Crippen LogP contribution in [0.5, 0.6) is 17.2 Å². The number of nitrogens with zero attached hydrogens (tertiary/aromatic N) is 1. The second kappa shape index (κ2) is 10.2. The van der Waals surface area contributed by atoms with Crippen molar-refractivity contribution in [3.63, 3.8) is 0 Å². The molecule has 0 spiro atoms. The molecule has 11 nitrogen and oxygen atoms in total. The number of aldehydes is 1. The number of hydrogen-bond acceptors (Lipinski definition) is 8. The molecule has 1 aliphatic rings. The molecule has 0 atom stereocenters. The van der Waals surface area contributed by atoms with E-state index in [9.17, 15) is 19.5 Å². The number of nitrogens with one attached hydrogen (secondary N) is 3. The first-order valence-corrected chi connectivity index (χ1v) is 10.6. The molecule has 0 aliphatic heterocycles. The van der Waals surface area contributed by atoms with E-state index in [1.165, 1.54) is 19.2 Å². The molecule has 11 heteroatoms. The number of aromatic nitrogens is 2. The molecule has 1 aromatic heterocycles. The molecule has 1 heterocycles. The number of carbonyl (C=O) groups excluding carboxylic acids is 3. The lowest BCUT2D eigenvalue weighted by atomic mass is 9.98. The van der Waals surface area contributed by atoms with Gasteiger partial charge in [-0.15, -0.1) is 0 Å². The van der Waals surface area contributed by atoms with E-state index in [4.69, 9.17) is 14.2 Å². The Kier molecular flexibility index (Phi) is 7.41. The highest BCUT2D eigenvalue weighted by Crippen LogP contribution is 2.42. The van der Waals surface area contributed by atoms with E-state index in [1.807, 2.05) is 13.8 Å². The molecule has 2 amide bonds. The minimum absolute atomic E-state index is 0.00851. The van der Waals surface area contributed by atoms with Gasteiger partial charge in [0, 0.05) is 24.2 Å². The Morgan fingerprint density at radius 3 is 2.64 bits per heavy atom. The summed E-state index contributed by atoms with van der Waals surface area (Å²) in [7, 11) is 1.40. The number of anilines is 1. The summed E-state index contributed by atoms with van der Waals surface area (Å²) in [6.07, 6.45) is 3.01. The lowest BCUT2D eigenvalue weighted by Gasteiger charge is -2.28. The molecule has 0 bridgehead atoms. The molecular formula is C22H28N4O7. The zero-order chi connectivity index (χ0) is 24.0. The predicted octanol–water partition coefficient (Wildman–Crippen LogP) is 2.86. The lowest BCUT2D eigenvalue weighted by Crippen LogP contribution is -2.38. The number of rotatable bonds is 9. The third kappa shape index (κ3) is 5.73. The van der Waals surface area contributed by atoms with Crippen molar-refractivity contribution in [2.24, 2.45) is 0 Å². The van der Waals surface area contributed by atoms with E-state index in [-0.39, 0.29) is 34.7 Å². The van der Waals surface area contributed by atoms with Gasteiger partial charge in [-0.2, -0.15) is 5.10 Å². The molecule has 1 fully saturated rings. The number of alkyl carbamates (subject to hydrolysis) is 1. The number of hydrogen-bond donors (Lipinski definition) is 4. The molecule has 1 saturated carbocycles. The molecule has 3 rings (SSSR count).